The number of thiophene rings is 1. The summed E-state index contributed by atoms with van der Waals surface area (Å²) < 4.78 is 0. The molecule has 1 aromatic heterocycles. The van der Waals surface area contributed by atoms with Crippen LogP contribution < -0.4 is 4.90 Å². The number of piperazine rings is 1. The molecule has 2 aliphatic heterocycles. The van der Waals surface area contributed by atoms with Crippen LogP contribution in [0, 0.1) is 5.92 Å². The first-order valence-electron chi connectivity index (χ1n) is 9.29. The fourth-order valence-electron chi connectivity index (χ4n) is 3.85. The third kappa shape index (κ3) is 3.73. The van der Waals surface area contributed by atoms with E-state index >= 15 is 0 Å². The lowest BCUT2D eigenvalue weighted by molar-refractivity contribution is -0.903. The van der Waals surface area contributed by atoms with E-state index in [9.17, 15) is 9.59 Å². The van der Waals surface area contributed by atoms with Crippen LogP contribution in [0.4, 0.5) is 0 Å². The molecular weight excluding hydrogens is 354 g/mol. The van der Waals surface area contributed by atoms with Gasteiger partial charge in [-0.25, -0.2) is 0 Å². The summed E-state index contributed by atoms with van der Waals surface area (Å²) in [6.07, 6.45) is 3.39. The van der Waals surface area contributed by atoms with E-state index < -0.39 is 0 Å². The predicted molar refractivity (Wildman–Crippen MR) is 101 cm³/mol. The predicted octanol–water partition coefficient (Wildman–Crippen LogP) is 0.849. The third-order valence-corrected chi connectivity index (χ3v) is 8.01. The van der Waals surface area contributed by atoms with E-state index in [1.807, 2.05) is 0 Å². The summed E-state index contributed by atoms with van der Waals surface area (Å²) in [5.41, 5.74) is 0. The summed E-state index contributed by atoms with van der Waals surface area (Å²) >= 11 is 3.48. The zero-order chi connectivity index (χ0) is 17.2. The van der Waals surface area contributed by atoms with Crippen LogP contribution in [0.25, 0.3) is 0 Å². The van der Waals surface area contributed by atoms with Gasteiger partial charge in [0.15, 0.2) is 0 Å². The van der Waals surface area contributed by atoms with Gasteiger partial charge in [-0.3, -0.25) is 9.59 Å². The van der Waals surface area contributed by atoms with Gasteiger partial charge < -0.3 is 14.7 Å². The van der Waals surface area contributed by atoms with Crippen LogP contribution in [0.15, 0.2) is 17.5 Å². The number of quaternary nitrogens is 1. The van der Waals surface area contributed by atoms with Crippen LogP contribution in [0.3, 0.4) is 0 Å². The molecule has 2 saturated heterocycles. The highest BCUT2D eigenvalue weighted by Gasteiger charge is 2.35. The molecule has 3 heterocycles. The molecule has 0 bridgehead atoms. The Bertz CT molecular complexity index is 610. The summed E-state index contributed by atoms with van der Waals surface area (Å²) in [7, 11) is 0. The standard InChI is InChI=1S/C18H25N3O2S2/c22-16-13-25-18(15-5-2-12-24-15)21(16)11-8-19-6-9-20(10-7-19)17(23)14-3-1-4-14/h2,5,12,14,18H,1,3-4,6-11,13H2/p+1/t18-/m0/s1. The minimum Gasteiger partial charge on any atom is -0.331 e. The monoisotopic (exact) mass is 380 g/mol. The Morgan fingerprint density at radius 2 is 2.08 bits per heavy atom. The lowest BCUT2D eigenvalue weighted by Gasteiger charge is -2.37. The molecule has 1 atom stereocenters. The molecule has 0 unspecified atom stereocenters. The Labute approximate surface area is 157 Å². The minimum atomic E-state index is 0.202. The van der Waals surface area contributed by atoms with Crippen LogP contribution >= 0.6 is 23.1 Å². The summed E-state index contributed by atoms with van der Waals surface area (Å²) in [5, 5.41) is 2.29. The molecule has 1 aliphatic carbocycles. The topological polar surface area (TPSA) is 45.1 Å². The van der Waals surface area contributed by atoms with Crippen LogP contribution in [0.5, 0.6) is 0 Å². The van der Waals surface area contributed by atoms with E-state index in [0.29, 0.717) is 17.6 Å². The van der Waals surface area contributed by atoms with Gasteiger partial charge in [-0.2, -0.15) is 0 Å². The number of nitrogens with one attached hydrogen (secondary N) is 1. The molecule has 1 saturated carbocycles. The van der Waals surface area contributed by atoms with Crippen molar-refractivity contribution in [3.63, 3.8) is 0 Å². The van der Waals surface area contributed by atoms with Gasteiger partial charge in [0.1, 0.15) is 5.37 Å². The van der Waals surface area contributed by atoms with Crippen molar-refractivity contribution in [1.82, 2.24) is 9.80 Å². The molecule has 3 fully saturated rings. The fourth-order valence-corrected chi connectivity index (χ4v) is 6.05. The maximum atomic E-state index is 12.3. The van der Waals surface area contributed by atoms with Gasteiger partial charge in [0.2, 0.25) is 11.8 Å². The van der Waals surface area contributed by atoms with Crippen LogP contribution in [-0.4, -0.2) is 66.6 Å². The lowest BCUT2D eigenvalue weighted by atomic mass is 9.84. The highest BCUT2D eigenvalue weighted by Crippen LogP contribution is 2.40. The quantitative estimate of drug-likeness (QED) is 0.824. The van der Waals surface area contributed by atoms with E-state index in [-0.39, 0.29) is 11.3 Å². The van der Waals surface area contributed by atoms with Crippen LogP contribution in [0.2, 0.25) is 0 Å². The first-order valence-corrected chi connectivity index (χ1v) is 11.2. The Morgan fingerprint density at radius 3 is 2.72 bits per heavy atom. The SMILES string of the molecule is O=C(C1CCC1)N1CC[NH+](CCN2C(=O)CS[C@H]2c2cccs2)CC1. The molecule has 0 spiro atoms. The lowest BCUT2D eigenvalue weighted by Crippen LogP contribution is -3.15. The molecule has 1 aromatic rings. The van der Waals surface area contributed by atoms with E-state index in [2.05, 4.69) is 27.3 Å². The number of hydrogen-bond acceptors (Lipinski definition) is 4. The molecule has 1 N–H and O–H groups in total. The van der Waals surface area contributed by atoms with E-state index in [1.165, 1.54) is 16.2 Å². The number of amides is 2. The minimum absolute atomic E-state index is 0.202. The highest BCUT2D eigenvalue weighted by molar-refractivity contribution is 8.00. The van der Waals surface area contributed by atoms with Crippen molar-refractivity contribution in [1.29, 1.82) is 0 Å². The molecule has 0 aromatic carbocycles. The van der Waals surface area contributed by atoms with Crippen molar-refractivity contribution >= 4 is 34.9 Å². The Hall–Kier alpha value is -1.05. The zero-order valence-electron chi connectivity index (χ0n) is 14.5. The van der Waals surface area contributed by atoms with Gasteiger partial charge in [0.05, 0.1) is 45.0 Å². The first kappa shape index (κ1) is 17.4. The maximum absolute atomic E-state index is 12.3. The molecule has 0 radical (unpaired) electrons. The average molecular weight is 381 g/mol. The van der Waals surface area contributed by atoms with Gasteiger partial charge in [-0.1, -0.05) is 12.5 Å². The van der Waals surface area contributed by atoms with Gasteiger partial charge in [-0.05, 0) is 24.3 Å². The van der Waals surface area contributed by atoms with Crippen molar-refractivity contribution in [2.75, 3.05) is 45.0 Å². The normalized spacial score (nSPS) is 25.4. The Balaban J connectivity index is 1.26. The van der Waals surface area contributed by atoms with E-state index in [1.54, 1.807) is 23.1 Å². The number of carbonyl (C=O) groups is 2. The molecule has 7 heteroatoms. The highest BCUT2D eigenvalue weighted by atomic mass is 32.2. The summed E-state index contributed by atoms with van der Waals surface area (Å²) in [4.78, 5) is 31.5. The van der Waals surface area contributed by atoms with Crippen molar-refractivity contribution in [2.24, 2.45) is 5.92 Å². The van der Waals surface area contributed by atoms with Crippen LogP contribution in [0.1, 0.15) is 29.5 Å². The van der Waals surface area contributed by atoms with Gasteiger partial charge in [-0.15, -0.1) is 23.1 Å². The Morgan fingerprint density at radius 1 is 1.28 bits per heavy atom. The second-order valence-electron chi connectivity index (χ2n) is 7.22. The molecule has 2 amide bonds. The summed E-state index contributed by atoms with van der Waals surface area (Å²) in [5.74, 6) is 1.56. The van der Waals surface area contributed by atoms with Crippen molar-refractivity contribution in [2.45, 2.75) is 24.6 Å². The summed E-state index contributed by atoms with van der Waals surface area (Å²) in [6, 6.07) is 4.19. The first-order chi connectivity index (χ1) is 12.2. The average Bonchev–Trinajstić information content (AvgIpc) is 3.21. The number of carbonyl (C=O) groups excluding carboxylic acids is 2. The molecule has 4 rings (SSSR count). The Kier molecular flexibility index (Phi) is 5.33. The zero-order valence-corrected chi connectivity index (χ0v) is 16.1. The number of thioether (sulfide) groups is 1. The van der Waals surface area contributed by atoms with E-state index in [0.717, 1.165) is 52.1 Å². The summed E-state index contributed by atoms with van der Waals surface area (Å²) in [6.45, 7) is 5.58. The second-order valence-corrected chi connectivity index (χ2v) is 9.27. The molecule has 25 heavy (non-hydrogen) atoms. The third-order valence-electron chi connectivity index (χ3n) is 5.70. The van der Waals surface area contributed by atoms with Crippen LogP contribution in [-0.2, 0) is 9.59 Å². The molecular formula is C18H26N3O2S2+. The number of rotatable bonds is 5. The number of hydrogen-bond donors (Lipinski definition) is 1. The largest absolute Gasteiger partial charge is 0.331 e. The van der Waals surface area contributed by atoms with Crippen molar-refractivity contribution < 1.29 is 14.5 Å². The van der Waals surface area contributed by atoms with Gasteiger partial charge >= 0.3 is 0 Å². The van der Waals surface area contributed by atoms with Gasteiger partial charge in [0.25, 0.3) is 0 Å². The van der Waals surface area contributed by atoms with Crippen molar-refractivity contribution in [3.8, 4) is 0 Å². The smallest absolute Gasteiger partial charge is 0.234 e. The van der Waals surface area contributed by atoms with Crippen molar-refractivity contribution in [3.05, 3.63) is 22.4 Å². The van der Waals surface area contributed by atoms with Gasteiger partial charge in [0, 0.05) is 10.8 Å². The van der Waals surface area contributed by atoms with E-state index in [4.69, 9.17) is 0 Å². The fraction of sp³-hybridized carbons (Fsp3) is 0.667. The second kappa shape index (κ2) is 7.68. The molecule has 5 nitrogen and oxygen atoms in total. The maximum Gasteiger partial charge on any atom is 0.234 e. The molecule has 3 aliphatic rings. The molecule has 136 valence electrons. The number of nitrogens with zero attached hydrogens (tertiary/aromatic N) is 2.